The average Bonchev–Trinajstić information content (AvgIpc) is 3.17. The monoisotopic (exact) mass is 296 g/mol. The first-order valence-corrected chi connectivity index (χ1v) is 6.97. The van der Waals surface area contributed by atoms with Crippen molar-refractivity contribution < 1.29 is 4.79 Å². The summed E-state index contributed by atoms with van der Waals surface area (Å²) in [6.45, 7) is 0.480. The topological polar surface area (TPSA) is 88.5 Å². The number of hydrogen-bond acceptors (Lipinski definition) is 4. The number of carbonyl (C=O) groups is 1. The normalized spacial score (nSPS) is 10.6. The molecule has 0 aliphatic carbocycles. The number of aromatic nitrogens is 5. The van der Waals surface area contributed by atoms with Gasteiger partial charge < -0.3 is 5.32 Å². The van der Waals surface area contributed by atoms with Crippen LogP contribution in [0.5, 0.6) is 0 Å². The highest BCUT2D eigenvalue weighted by molar-refractivity contribution is 5.92. The highest BCUT2D eigenvalue weighted by Gasteiger charge is 2.10. The summed E-state index contributed by atoms with van der Waals surface area (Å²) in [5.74, 6) is 1.25. The fourth-order valence-electron chi connectivity index (χ4n) is 2.11. The summed E-state index contributed by atoms with van der Waals surface area (Å²) in [4.78, 5) is 16.3. The van der Waals surface area contributed by atoms with Crippen molar-refractivity contribution in [2.75, 3.05) is 6.54 Å². The molecule has 3 aromatic rings. The fourth-order valence-corrected chi connectivity index (χ4v) is 2.11. The summed E-state index contributed by atoms with van der Waals surface area (Å²) in [5.41, 5.74) is 1.49. The molecule has 0 saturated heterocycles. The van der Waals surface area contributed by atoms with E-state index >= 15 is 0 Å². The lowest BCUT2D eigenvalue weighted by Crippen LogP contribution is -2.27. The maximum absolute atomic E-state index is 11.9. The largest absolute Gasteiger partial charge is 0.350 e. The van der Waals surface area contributed by atoms with Gasteiger partial charge in [-0.1, -0.05) is 30.3 Å². The van der Waals surface area contributed by atoms with Gasteiger partial charge in [0.05, 0.1) is 0 Å². The van der Waals surface area contributed by atoms with Crippen LogP contribution >= 0.6 is 0 Å². The van der Waals surface area contributed by atoms with Gasteiger partial charge in [-0.2, -0.15) is 10.2 Å². The number of aromatic amines is 1. The Morgan fingerprint density at radius 2 is 2.09 bits per heavy atom. The molecule has 2 aromatic heterocycles. The van der Waals surface area contributed by atoms with E-state index in [-0.39, 0.29) is 5.91 Å². The third-order valence-electron chi connectivity index (χ3n) is 3.26. The van der Waals surface area contributed by atoms with E-state index in [1.807, 2.05) is 30.3 Å². The lowest BCUT2D eigenvalue weighted by Gasteiger charge is -2.03. The third-order valence-corrected chi connectivity index (χ3v) is 3.26. The number of nitrogens with one attached hydrogen (secondary N) is 2. The van der Waals surface area contributed by atoms with Crippen LogP contribution in [0, 0.1) is 0 Å². The highest BCUT2D eigenvalue weighted by atomic mass is 16.2. The minimum Gasteiger partial charge on any atom is -0.350 e. The number of H-pyrrole nitrogens is 1. The van der Waals surface area contributed by atoms with Crippen LogP contribution < -0.4 is 5.32 Å². The highest BCUT2D eigenvalue weighted by Crippen LogP contribution is 2.13. The summed E-state index contributed by atoms with van der Waals surface area (Å²) in [7, 11) is 1.73. The molecule has 0 atom stereocenters. The van der Waals surface area contributed by atoms with E-state index in [0.29, 0.717) is 24.5 Å². The first-order valence-electron chi connectivity index (χ1n) is 6.97. The lowest BCUT2D eigenvalue weighted by molar-refractivity contribution is 0.0944. The minimum atomic E-state index is -0.150. The van der Waals surface area contributed by atoms with Crippen molar-refractivity contribution in [2.24, 2.45) is 7.05 Å². The molecule has 7 nitrogen and oxygen atoms in total. The molecular weight excluding hydrogens is 280 g/mol. The Bertz CT molecular complexity index is 761. The number of rotatable bonds is 5. The molecule has 7 heteroatoms. The van der Waals surface area contributed by atoms with Gasteiger partial charge in [0.2, 0.25) is 0 Å². The zero-order valence-electron chi connectivity index (χ0n) is 12.2. The van der Waals surface area contributed by atoms with Gasteiger partial charge in [0.15, 0.2) is 5.82 Å². The van der Waals surface area contributed by atoms with Crippen molar-refractivity contribution in [3.8, 4) is 11.4 Å². The number of carbonyl (C=O) groups excluding carboxylic acids is 1. The first kappa shape index (κ1) is 14.0. The summed E-state index contributed by atoms with van der Waals surface area (Å²) >= 11 is 0. The predicted octanol–water partition coefficient (Wildman–Crippen LogP) is 1.18. The molecule has 22 heavy (non-hydrogen) atoms. The second-order valence-electron chi connectivity index (χ2n) is 4.82. The molecule has 0 saturated carbocycles. The molecule has 2 heterocycles. The molecular formula is C15H16N6O. The van der Waals surface area contributed by atoms with Gasteiger partial charge in [-0.15, -0.1) is 0 Å². The zero-order chi connectivity index (χ0) is 15.4. The second-order valence-corrected chi connectivity index (χ2v) is 4.82. The maximum Gasteiger partial charge on any atom is 0.269 e. The molecule has 1 aromatic carbocycles. The van der Waals surface area contributed by atoms with Gasteiger partial charge in [-0.3, -0.25) is 14.6 Å². The van der Waals surface area contributed by atoms with Gasteiger partial charge in [0.25, 0.3) is 5.91 Å². The molecule has 0 spiro atoms. The summed E-state index contributed by atoms with van der Waals surface area (Å²) in [6, 6.07) is 11.4. The summed E-state index contributed by atoms with van der Waals surface area (Å²) < 4.78 is 1.54. The molecule has 0 fully saturated rings. The van der Waals surface area contributed by atoms with E-state index in [9.17, 15) is 4.79 Å². The standard InChI is InChI=1S/C15H16N6O/c1-21-12(7-10-17-21)15(22)16-9-8-13-18-14(20-19-13)11-5-3-2-4-6-11/h2-7,10H,8-9H2,1H3,(H,16,22)(H,18,19,20). The van der Waals surface area contributed by atoms with Gasteiger partial charge >= 0.3 is 0 Å². The Morgan fingerprint density at radius 1 is 1.27 bits per heavy atom. The molecule has 0 radical (unpaired) electrons. The minimum absolute atomic E-state index is 0.150. The van der Waals surface area contributed by atoms with Crippen LogP contribution in [0.4, 0.5) is 0 Å². The third kappa shape index (κ3) is 3.03. The number of amides is 1. The smallest absolute Gasteiger partial charge is 0.269 e. The van der Waals surface area contributed by atoms with Crippen molar-refractivity contribution >= 4 is 5.91 Å². The predicted molar refractivity (Wildman–Crippen MR) is 81.1 cm³/mol. The van der Waals surface area contributed by atoms with Crippen molar-refractivity contribution in [1.82, 2.24) is 30.3 Å². The summed E-state index contributed by atoms with van der Waals surface area (Å²) in [5, 5.41) is 13.9. The quantitative estimate of drug-likeness (QED) is 0.740. The van der Waals surface area contributed by atoms with E-state index in [0.717, 1.165) is 11.4 Å². The number of benzene rings is 1. The van der Waals surface area contributed by atoms with Crippen LogP contribution in [-0.2, 0) is 13.5 Å². The lowest BCUT2D eigenvalue weighted by atomic mass is 10.2. The average molecular weight is 296 g/mol. The van der Waals surface area contributed by atoms with E-state index in [4.69, 9.17) is 0 Å². The van der Waals surface area contributed by atoms with E-state index in [2.05, 4.69) is 25.6 Å². The van der Waals surface area contributed by atoms with Crippen molar-refractivity contribution in [3.63, 3.8) is 0 Å². The Hall–Kier alpha value is -2.96. The van der Waals surface area contributed by atoms with E-state index in [1.165, 1.54) is 4.68 Å². The van der Waals surface area contributed by atoms with E-state index in [1.54, 1.807) is 19.3 Å². The molecule has 0 bridgehead atoms. The molecule has 3 rings (SSSR count). The molecule has 0 unspecified atom stereocenters. The number of aryl methyl sites for hydroxylation is 1. The first-order chi connectivity index (χ1) is 10.7. The molecule has 112 valence electrons. The van der Waals surface area contributed by atoms with Gasteiger partial charge in [-0.25, -0.2) is 4.98 Å². The fraction of sp³-hybridized carbons (Fsp3) is 0.200. The number of nitrogens with zero attached hydrogens (tertiary/aromatic N) is 4. The van der Waals surface area contributed by atoms with Crippen LogP contribution in [0.15, 0.2) is 42.6 Å². The second kappa shape index (κ2) is 6.21. The van der Waals surface area contributed by atoms with Crippen LogP contribution in [-0.4, -0.2) is 37.4 Å². The van der Waals surface area contributed by atoms with Gasteiger partial charge in [0, 0.05) is 31.8 Å². The van der Waals surface area contributed by atoms with E-state index < -0.39 is 0 Å². The van der Waals surface area contributed by atoms with Gasteiger partial charge in [-0.05, 0) is 6.07 Å². The Labute approximate surface area is 127 Å². The van der Waals surface area contributed by atoms with Gasteiger partial charge in [0.1, 0.15) is 11.5 Å². The Morgan fingerprint density at radius 3 is 2.82 bits per heavy atom. The van der Waals surface area contributed by atoms with Crippen molar-refractivity contribution in [1.29, 1.82) is 0 Å². The zero-order valence-corrected chi connectivity index (χ0v) is 12.2. The summed E-state index contributed by atoms with van der Waals surface area (Å²) in [6.07, 6.45) is 2.18. The van der Waals surface area contributed by atoms with Crippen LogP contribution in [0.2, 0.25) is 0 Å². The van der Waals surface area contributed by atoms with Crippen molar-refractivity contribution in [3.05, 3.63) is 54.1 Å². The van der Waals surface area contributed by atoms with Crippen LogP contribution in [0.25, 0.3) is 11.4 Å². The van der Waals surface area contributed by atoms with Crippen LogP contribution in [0.1, 0.15) is 16.3 Å². The molecule has 0 aliphatic rings. The Balaban J connectivity index is 1.56. The molecule has 2 N–H and O–H groups in total. The molecule has 1 amide bonds. The van der Waals surface area contributed by atoms with Crippen molar-refractivity contribution in [2.45, 2.75) is 6.42 Å². The maximum atomic E-state index is 11.9. The molecule has 0 aliphatic heterocycles. The SMILES string of the molecule is Cn1nccc1C(=O)NCCc1nc(-c2ccccc2)n[nH]1. The number of hydrogen-bond donors (Lipinski definition) is 2. The Kier molecular flexibility index (Phi) is 3.95. The van der Waals surface area contributed by atoms with Crippen LogP contribution in [0.3, 0.4) is 0 Å².